The van der Waals surface area contributed by atoms with Crippen molar-refractivity contribution >= 4 is 77.3 Å². The van der Waals surface area contributed by atoms with Gasteiger partial charge in [-0.25, -0.2) is 0 Å². The second-order valence-corrected chi connectivity index (χ2v) is 15.3. The van der Waals surface area contributed by atoms with E-state index in [-0.39, 0.29) is 14.5 Å². The van der Waals surface area contributed by atoms with Crippen LogP contribution in [0.25, 0.3) is 108 Å². The Balaban J connectivity index is 1.21. The average molecular weight is 729 g/mol. The van der Waals surface area contributed by atoms with Gasteiger partial charge in [-0.1, -0.05) is 6.07 Å². The number of para-hydroxylation sites is 1. The van der Waals surface area contributed by atoms with E-state index in [2.05, 4.69) is 121 Å². The molecule has 0 bridgehead atoms. The Morgan fingerprint density at radius 1 is 0.385 bits per heavy atom. The molecule has 5 heteroatoms. The molecule has 52 heavy (non-hydrogen) atoms. The first-order chi connectivity index (χ1) is 25.8. The topological polar surface area (TPSA) is 51.8 Å². The molecule has 8 aromatic carbocycles. The monoisotopic (exact) mass is 729 g/mol. The zero-order valence-corrected chi connectivity index (χ0v) is 29.5. The summed E-state index contributed by atoms with van der Waals surface area (Å²) in [6.45, 7) is 0. The van der Waals surface area contributed by atoms with Gasteiger partial charge >= 0.3 is 300 Å². The Morgan fingerprint density at radius 2 is 1.00 bits per heavy atom. The molecular weight excluding hydrogens is 701 g/mol. The summed E-state index contributed by atoms with van der Waals surface area (Å²) in [5.41, 5.74) is 6.92. The summed E-state index contributed by atoms with van der Waals surface area (Å²) in [7, 11) is 0. The van der Waals surface area contributed by atoms with Crippen molar-refractivity contribution in [3.63, 3.8) is 0 Å². The Hall–Kier alpha value is -6.39. The van der Waals surface area contributed by atoms with Crippen molar-refractivity contribution in [1.29, 1.82) is 0 Å². The summed E-state index contributed by atoms with van der Waals surface area (Å²) < 4.78 is 8.96. The van der Waals surface area contributed by atoms with Crippen molar-refractivity contribution in [3.05, 3.63) is 164 Å². The first kappa shape index (κ1) is 29.4. The van der Waals surface area contributed by atoms with Gasteiger partial charge in [-0.15, -0.1) is 0 Å². The predicted molar refractivity (Wildman–Crippen MR) is 216 cm³/mol. The zero-order valence-electron chi connectivity index (χ0n) is 27.7. The van der Waals surface area contributed by atoms with Crippen LogP contribution in [0.5, 0.6) is 0 Å². The van der Waals surface area contributed by atoms with E-state index >= 15 is 0 Å². The predicted octanol–water partition coefficient (Wildman–Crippen LogP) is 12.1. The van der Waals surface area contributed by atoms with Gasteiger partial charge in [-0.3, -0.25) is 0 Å². The maximum absolute atomic E-state index is 6.16. The van der Waals surface area contributed by atoms with E-state index in [4.69, 9.17) is 19.4 Å². The van der Waals surface area contributed by atoms with Gasteiger partial charge in [-0.05, 0) is 0 Å². The molecule has 0 fully saturated rings. The third-order valence-corrected chi connectivity index (χ3v) is 12.8. The standard InChI is InChI=1S/C47H27N3OSe/c1-3-12-29(13-4-1)42-37(25-24-36-35-23-21-30-20-19-28-11-7-8-16-33(28)41(30)43(35)52-44(36)42)47-49-45(31-14-5-2-6-15-31)48-46(50-47)32-22-26-40-38(27-32)34-17-9-10-18-39(34)51-40/h1-27H. The number of nitrogens with zero attached hydrogens (tertiary/aromatic N) is 3. The maximum atomic E-state index is 6.16. The van der Waals surface area contributed by atoms with Crippen LogP contribution in [0.4, 0.5) is 0 Å². The van der Waals surface area contributed by atoms with Gasteiger partial charge in [0, 0.05) is 0 Å². The summed E-state index contributed by atoms with van der Waals surface area (Å²) >= 11 is 0.0426. The van der Waals surface area contributed by atoms with Crippen LogP contribution in [0.1, 0.15) is 0 Å². The van der Waals surface area contributed by atoms with Crippen LogP contribution in [-0.4, -0.2) is 29.5 Å². The molecule has 0 unspecified atom stereocenters. The first-order valence-electron chi connectivity index (χ1n) is 17.4. The molecule has 0 aliphatic carbocycles. The third kappa shape index (κ3) is 4.57. The van der Waals surface area contributed by atoms with Crippen molar-refractivity contribution in [2.75, 3.05) is 0 Å². The van der Waals surface area contributed by atoms with Crippen molar-refractivity contribution < 1.29 is 4.42 Å². The van der Waals surface area contributed by atoms with Crippen LogP contribution in [0.3, 0.4) is 0 Å². The van der Waals surface area contributed by atoms with Crippen LogP contribution < -0.4 is 0 Å². The van der Waals surface area contributed by atoms with E-state index in [1.807, 2.05) is 42.5 Å². The summed E-state index contributed by atoms with van der Waals surface area (Å²) in [5, 5.41) is 9.96. The number of aromatic nitrogens is 3. The Kier molecular flexibility index (Phi) is 6.53. The molecule has 0 N–H and O–H groups in total. The van der Waals surface area contributed by atoms with Crippen LogP contribution in [0.15, 0.2) is 168 Å². The Morgan fingerprint density at radius 3 is 1.85 bits per heavy atom. The molecule has 0 radical (unpaired) electrons. The van der Waals surface area contributed by atoms with Gasteiger partial charge in [0.25, 0.3) is 0 Å². The summed E-state index contributed by atoms with van der Waals surface area (Å²) in [6.07, 6.45) is 0. The molecular formula is C47H27N3OSe. The molecule has 0 atom stereocenters. The fourth-order valence-electron chi connectivity index (χ4n) is 7.67. The molecule has 242 valence electrons. The van der Waals surface area contributed by atoms with Gasteiger partial charge in [0.05, 0.1) is 0 Å². The second kappa shape index (κ2) is 11.6. The quantitative estimate of drug-likeness (QED) is 0.134. The summed E-state index contributed by atoms with van der Waals surface area (Å²) in [4.78, 5) is 15.6. The van der Waals surface area contributed by atoms with Crippen LogP contribution in [0, 0.1) is 0 Å². The summed E-state index contributed by atoms with van der Waals surface area (Å²) in [5.74, 6) is 1.93. The number of hydrogen-bond acceptors (Lipinski definition) is 4. The van der Waals surface area contributed by atoms with Gasteiger partial charge in [-0.2, -0.15) is 0 Å². The molecule has 0 aliphatic heterocycles. The number of benzene rings is 8. The molecule has 3 heterocycles. The third-order valence-electron chi connectivity index (χ3n) is 10.1. The average Bonchev–Trinajstić information content (AvgIpc) is 3.79. The molecule has 3 aromatic heterocycles. The molecule has 0 saturated carbocycles. The van der Waals surface area contributed by atoms with E-state index < -0.39 is 0 Å². The van der Waals surface area contributed by atoms with Crippen molar-refractivity contribution in [2.24, 2.45) is 0 Å². The molecule has 0 spiro atoms. The van der Waals surface area contributed by atoms with E-state index in [9.17, 15) is 0 Å². The second-order valence-electron chi connectivity index (χ2n) is 13.1. The van der Waals surface area contributed by atoms with Crippen LogP contribution >= 0.6 is 0 Å². The molecule has 0 saturated heterocycles. The molecule has 0 amide bonds. The number of rotatable bonds is 4. The minimum absolute atomic E-state index is 0.0426. The fraction of sp³-hybridized carbons (Fsp3) is 0. The van der Waals surface area contributed by atoms with Crippen molar-refractivity contribution in [3.8, 4) is 45.3 Å². The van der Waals surface area contributed by atoms with E-state index in [0.29, 0.717) is 17.5 Å². The number of fused-ring (bicyclic) bond motifs is 10. The van der Waals surface area contributed by atoms with E-state index in [1.54, 1.807) is 0 Å². The first-order valence-corrected chi connectivity index (χ1v) is 19.1. The fourth-order valence-corrected chi connectivity index (χ4v) is 10.7. The Bertz CT molecular complexity index is 3180. The molecule has 11 aromatic rings. The molecule has 0 aliphatic rings. The SMILES string of the molecule is c1ccc(-c2nc(-c3ccc4oc5ccccc5c4c3)nc(-c3ccc4c([se]c5c4ccc4ccc6ccccc6c45)c3-c3ccccc3)n2)cc1. The number of furan rings is 1. The van der Waals surface area contributed by atoms with Crippen LogP contribution in [-0.2, 0) is 0 Å². The normalized spacial score (nSPS) is 11.8. The van der Waals surface area contributed by atoms with Crippen molar-refractivity contribution in [1.82, 2.24) is 15.0 Å². The number of hydrogen-bond donors (Lipinski definition) is 0. The van der Waals surface area contributed by atoms with Crippen LogP contribution in [0.2, 0.25) is 0 Å². The Labute approximate surface area is 304 Å². The van der Waals surface area contributed by atoms with E-state index in [1.165, 1.54) is 46.4 Å². The van der Waals surface area contributed by atoms with Crippen molar-refractivity contribution in [2.45, 2.75) is 0 Å². The van der Waals surface area contributed by atoms with Gasteiger partial charge in [0.2, 0.25) is 0 Å². The van der Waals surface area contributed by atoms with Gasteiger partial charge < -0.3 is 0 Å². The molecule has 11 rings (SSSR count). The van der Waals surface area contributed by atoms with E-state index in [0.717, 1.165) is 44.2 Å². The molecule has 4 nitrogen and oxygen atoms in total. The van der Waals surface area contributed by atoms with Gasteiger partial charge in [0.15, 0.2) is 0 Å². The summed E-state index contributed by atoms with van der Waals surface area (Å²) in [6, 6.07) is 57.7. The van der Waals surface area contributed by atoms with Gasteiger partial charge in [0.1, 0.15) is 0 Å². The minimum atomic E-state index is 0.0426. The zero-order chi connectivity index (χ0) is 34.2.